The first kappa shape index (κ1) is 6.70. The topological polar surface area (TPSA) is 26.0 Å². The van der Waals surface area contributed by atoms with Gasteiger partial charge in [-0.05, 0) is 12.1 Å². The molecule has 3 heteroatoms. The Balaban J connectivity index is 3.17. The average molecular weight is 155 g/mol. The van der Waals surface area contributed by atoms with E-state index in [-0.39, 0.29) is 0 Å². The second kappa shape index (κ2) is 2.45. The third-order valence-corrected chi connectivity index (χ3v) is 2.21. The van der Waals surface area contributed by atoms with E-state index in [1.807, 2.05) is 18.2 Å². The van der Waals surface area contributed by atoms with Crippen LogP contribution in [0.3, 0.4) is 0 Å². The van der Waals surface area contributed by atoms with Crippen molar-refractivity contribution < 1.29 is 0 Å². The van der Waals surface area contributed by atoms with Crippen LogP contribution < -0.4 is 10.9 Å². The van der Waals surface area contributed by atoms with Crippen molar-refractivity contribution >= 4 is 33.7 Å². The average Bonchev–Trinajstić information content (AvgIpc) is 1.80. The van der Waals surface area contributed by atoms with Crippen molar-refractivity contribution in [1.82, 2.24) is 0 Å². The van der Waals surface area contributed by atoms with Crippen molar-refractivity contribution in [3.63, 3.8) is 0 Å². The molecule has 0 unspecified atom stereocenters. The van der Waals surface area contributed by atoms with E-state index in [0.717, 1.165) is 20.8 Å². The highest BCUT2D eigenvalue weighted by Gasteiger charge is 1.90. The molecule has 9 heavy (non-hydrogen) atoms. The van der Waals surface area contributed by atoms with Gasteiger partial charge < -0.3 is 5.73 Å². The van der Waals surface area contributed by atoms with E-state index < -0.39 is 0 Å². The van der Waals surface area contributed by atoms with Crippen LogP contribution >= 0.6 is 12.6 Å². The molecule has 0 spiro atoms. The van der Waals surface area contributed by atoms with Gasteiger partial charge in [-0.3, -0.25) is 0 Å². The molecule has 48 valence electrons. The fourth-order valence-corrected chi connectivity index (χ4v) is 1.29. The first-order valence-electron chi connectivity index (χ1n) is 2.75. The fraction of sp³-hybridized carbons (Fsp3) is 0. The van der Waals surface area contributed by atoms with Crippen LogP contribution in [0.2, 0.25) is 0 Å². The molecule has 0 bridgehead atoms. The van der Waals surface area contributed by atoms with Crippen LogP contribution in [0.4, 0.5) is 5.69 Å². The van der Waals surface area contributed by atoms with Crippen LogP contribution in [-0.2, 0) is 0 Å². The first-order chi connectivity index (χ1) is 4.20. The largest absolute Gasteiger partial charge is 0.398 e. The van der Waals surface area contributed by atoms with Crippen molar-refractivity contribution in [2.45, 2.75) is 4.90 Å². The van der Waals surface area contributed by atoms with Gasteiger partial charge in [-0.1, -0.05) is 11.3 Å². The highest BCUT2D eigenvalue weighted by molar-refractivity contribution is 7.80. The summed E-state index contributed by atoms with van der Waals surface area (Å²) in [4.78, 5) is 0.870. The Morgan fingerprint density at radius 2 is 2.11 bits per heavy atom. The zero-order valence-corrected chi connectivity index (χ0v) is 8.15. The number of nitrogens with two attached hydrogens (primary N) is 1. The SMILES string of the molecule is Nc1cc([SiH3])ccc1S. The molecule has 1 nitrogen and oxygen atoms in total. The molecule has 0 fully saturated rings. The second-order valence-electron chi connectivity index (χ2n) is 2.06. The van der Waals surface area contributed by atoms with Crippen molar-refractivity contribution in [2.24, 2.45) is 0 Å². The Labute approximate surface area is 63.1 Å². The lowest BCUT2D eigenvalue weighted by molar-refractivity contribution is 1.50. The minimum Gasteiger partial charge on any atom is -0.398 e. The summed E-state index contributed by atoms with van der Waals surface area (Å²) in [5.74, 6) is 0. The normalized spacial score (nSPS) is 9.89. The predicted molar refractivity (Wildman–Crippen MR) is 47.7 cm³/mol. The molecule has 0 atom stereocenters. The summed E-state index contributed by atoms with van der Waals surface area (Å²) in [6.45, 7) is 0. The van der Waals surface area contributed by atoms with Gasteiger partial charge in [0.15, 0.2) is 0 Å². The van der Waals surface area contributed by atoms with E-state index in [4.69, 9.17) is 5.73 Å². The Bertz CT molecular complexity index is 224. The summed E-state index contributed by atoms with van der Waals surface area (Å²) in [5, 5.41) is 1.31. The Kier molecular flexibility index (Phi) is 1.83. The van der Waals surface area contributed by atoms with E-state index >= 15 is 0 Å². The van der Waals surface area contributed by atoms with E-state index in [2.05, 4.69) is 12.6 Å². The third-order valence-electron chi connectivity index (χ3n) is 1.18. The summed E-state index contributed by atoms with van der Waals surface area (Å²) >= 11 is 4.14. The van der Waals surface area contributed by atoms with Gasteiger partial charge in [0.25, 0.3) is 0 Å². The monoisotopic (exact) mass is 155 g/mol. The summed E-state index contributed by atoms with van der Waals surface area (Å²) < 4.78 is 0. The van der Waals surface area contributed by atoms with Crippen LogP contribution in [0.5, 0.6) is 0 Å². The van der Waals surface area contributed by atoms with Gasteiger partial charge in [0, 0.05) is 20.8 Å². The first-order valence-corrected chi connectivity index (χ1v) is 4.20. The van der Waals surface area contributed by atoms with Gasteiger partial charge in [-0.25, -0.2) is 0 Å². The number of nitrogen functional groups attached to an aromatic ring is 1. The van der Waals surface area contributed by atoms with Crippen LogP contribution in [0.15, 0.2) is 23.1 Å². The molecule has 0 saturated carbocycles. The van der Waals surface area contributed by atoms with Crippen LogP contribution in [0.1, 0.15) is 0 Å². The van der Waals surface area contributed by atoms with Gasteiger partial charge >= 0.3 is 0 Å². The molecule has 1 aromatic carbocycles. The highest BCUT2D eigenvalue weighted by Crippen LogP contribution is 2.11. The number of hydrogen-bond donors (Lipinski definition) is 2. The maximum atomic E-state index is 5.57. The minimum atomic E-state index is 0.783. The molecular weight excluding hydrogens is 146 g/mol. The van der Waals surface area contributed by atoms with Gasteiger partial charge in [0.1, 0.15) is 0 Å². The fourth-order valence-electron chi connectivity index (χ4n) is 0.674. The smallest absolute Gasteiger partial charge is 0.0448 e. The molecule has 0 heterocycles. The molecule has 0 amide bonds. The summed E-state index contributed by atoms with van der Waals surface area (Å²) in [5.41, 5.74) is 6.35. The predicted octanol–water partition coefficient (Wildman–Crippen LogP) is -0.452. The zero-order chi connectivity index (χ0) is 6.85. The molecule has 0 saturated heterocycles. The Hall–Kier alpha value is -0.413. The summed E-state index contributed by atoms with van der Waals surface area (Å²) in [6, 6.07) is 5.94. The Morgan fingerprint density at radius 1 is 1.44 bits per heavy atom. The molecule has 0 aliphatic carbocycles. The van der Waals surface area contributed by atoms with Crippen LogP contribution in [-0.4, -0.2) is 10.2 Å². The quantitative estimate of drug-likeness (QED) is 0.296. The molecule has 0 aromatic heterocycles. The number of thiol groups is 1. The van der Waals surface area contributed by atoms with Crippen molar-refractivity contribution in [2.75, 3.05) is 5.73 Å². The van der Waals surface area contributed by atoms with Crippen molar-refractivity contribution in [1.29, 1.82) is 0 Å². The van der Waals surface area contributed by atoms with Gasteiger partial charge in [0.05, 0.1) is 0 Å². The molecule has 1 rings (SSSR count). The lowest BCUT2D eigenvalue weighted by Crippen LogP contribution is -2.02. The summed E-state index contributed by atoms with van der Waals surface area (Å²) in [7, 11) is 1.06. The van der Waals surface area contributed by atoms with E-state index in [1.54, 1.807) is 0 Å². The number of hydrogen-bond acceptors (Lipinski definition) is 2. The van der Waals surface area contributed by atoms with Crippen molar-refractivity contribution in [3.05, 3.63) is 18.2 Å². The number of anilines is 1. The van der Waals surface area contributed by atoms with E-state index in [9.17, 15) is 0 Å². The lowest BCUT2D eigenvalue weighted by Gasteiger charge is -1.97. The molecule has 0 aliphatic rings. The van der Waals surface area contributed by atoms with E-state index in [1.165, 1.54) is 5.19 Å². The lowest BCUT2D eigenvalue weighted by atomic mass is 10.3. The van der Waals surface area contributed by atoms with Gasteiger partial charge in [0.2, 0.25) is 0 Å². The van der Waals surface area contributed by atoms with E-state index in [0.29, 0.717) is 0 Å². The maximum absolute atomic E-state index is 5.57. The zero-order valence-electron chi connectivity index (χ0n) is 5.26. The van der Waals surface area contributed by atoms with Crippen LogP contribution in [0, 0.1) is 0 Å². The van der Waals surface area contributed by atoms with Gasteiger partial charge in [-0.2, -0.15) is 0 Å². The summed E-state index contributed by atoms with van der Waals surface area (Å²) in [6.07, 6.45) is 0. The second-order valence-corrected chi connectivity index (χ2v) is 3.70. The molecule has 0 aliphatic heterocycles. The molecule has 2 N–H and O–H groups in total. The molecular formula is C6H9NSSi. The molecule has 1 aromatic rings. The number of benzene rings is 1. The highest BCUT2D eigenvalue weighted by atomic mass is 32.1. The standard InChI is InChI=1S/C6H9NSSi/c7-5-3-4(9)1-2-6(5)8/h1-3,8H,7H2,9H3. The number of rotatable bonds is 0. The van der Waals surface area contributed by atoms with Gasteiger partial charge in [-0.15, -0.1) is 12.6 Å². The Morgan fingerprint density at radius 3 is 2.56 bits per heavy atom. The molecule has 0 radical (unpaired) electrons. The van der Waals surface area contributed by atoms with Crippen LogP contribution in [0.25, 0.3) is 0 Å². The third kappa shape index (κ3) is 1.49. The maximum Gasteiger partial charge on any atom is 0.0448 e. The minimum absolute atomic E-state index is 0.783. The van der Waals surface area contributed by atoms with Crippen molar-refractivity contribution in [3.8, 4) is 0 Å².